The Hall–Kier alpha value is -1.26. The monoisotopic (exact) mass is 282 g/mol. The first-order chi connectivity index (χ1) is 9.13. The van der Waals surface area contributed by atoms with Crippen molar-refractivity contribution in [3.05, 3.63) is 28.8 Å². The van der Waals surface area contributed by atoms with Crippen LogP contribution in [0, 0.1) is 5.92 Å². The van der Waals surface area contributed by atoms with Gasteiger partial charge in [0.2, 0.25) is 5.91 Å². The molecule has 4 nitrogen and oxygen atoms in total. The van der Waals surface area contributed by atoms with E-state index in [1.54, 1.807) is 13.2 Å². The number of nitrogens with two attached hydrogens (primary N) is 1. The highest BCUT2D eigenvalue weighted by atomic mass is 35.5. The Morgan fingerprint density at radius 3 is 2.95 bits per heavy atom. The summed E-state index contributed by atoms with van der Waals surface area (Å²) in [5, 5.41) is 0.572. The summed E-state index contributed by atoms with van der Waals surface area (Å²) in [6.07, 6.45) is 1.33. The van der Waals surface area contributed by atoms with Gasteiger partial charge in [0, 0.05) is 18.1 Å². The van der Waals surface area contributed by atoms with Crippen molar-refractivity contribution < 1.29 is 9.53 Å². The van der Waals surface area contributed by atoms with E-state index in [0.29, 0.717) is 29.7 Å². The predicted octanol–water partition coefficient (Wildman–Crippen LogP) is 1.70. The van der Waals surface area contributed by atoms with Gasteiger partial charge in [-0.05, 0) is 36.6 Å². The maximum absolute atomic E-state index is 12.2. The fraction of sp³-hybridized carbons (Fsp3) is 0.500. The lowest BCUT2D eigenvalue weighted by Crippen LogP contribution is -2.31. The lowest BCUT2D eigenvalue weighted by Gasteiger charge is -2.17. The van der Waals surface area contributed by atoms with Gasteiger partial charge in [-0.1, -0.05) is 17.7 Å². The minimum atomic E-state index is 0.114. The number of methoxy groups -OCH3 is 1. The molecule has 1 aromatic carbocycles. The van der Waals surface area contributed by atoms with Crippen LogP contribution in [0.5, 0.6) is 5.75 Å². The van der Waals surface area contributed by atoms with E-state index in [-0.39, 0.29) is 5.91 Å². The third-order valence-corrected chi connectivity index (χ3v) is 3.93. The summed E-state index contributed by atoms with van der Waals surface area (Å²) in [7, 11) is 1.59. The summed E-state index contributed by atoms with van der Waals surface area (Å²) >= 11 is 6.14. The zero-order valence-electron chi connectivity index (χ0n) is 11.1. The molecule has 0 spiro atoms. The van der Waals surface area contributed by atoms with Crippen LogP contribution in [0.4, 0.5) is 0 Å². The molecule has 1 saturated heterocycles. The van der Waals surface area contributed by atoms with Gasteiger partial charge >= 0.3 is 0 Å². The van der Waals surface area contributed by atoms with Gasteiger partial charge in [-0.3, -0.25) is 4.79 Å². The molecule has 0 aromatic heterocycles. The molecule has 0 saturated carbocycles. The van der Waals surface area contributed by atoms with E-state index in [2.05, 4.69) is 0 Å². The SMILES string of the molecule is COc1ccc(CC(=O)N2CCC(CN)C2)c(Cl)c1. The summed E-state index contributed by atoms with van der Waals surface area (Å²) in [5.74, 6) is 1.25. The average molecular weight is 283 g/mol. The Morgan fingerprint density at radius 2 is 2.37 bits per heavy atom. The number of hydrogen-bond acceptors (Lipinski definition) is 3. The quantitative estimate of drug-likeness (QED) is 0.914. The number of ether oxygens (including phenoxy) is 1. The standard InChI is InChI=1S/C14H19ClN2O2/c1-19-12-3-2-11(13(15)7-12)6-14(18)17-5-4-10(8-16)9-17/h2-3,7,10H,4-6,8-9,16H2,1H3. The number of nitrogens with zero attached hydrogens (tertiary/aromatic N) is 1. The van der Waals surface area contributed by atoms with Gasteiger partial charge in [-0.25, -0.2) is 0 Å². The Kier molecular flexibility index (Phi) is 4.66. The van der Waals surface area contributed by atoms with E-state index in [1.807, 2.05) is 17.0 Å². The zero-order valence-corrected chi connectivity index (χ0v) is 11.8. The summed E-state index contributed by atoms with van der Waals surface area (Å²) in [6.45, 7) is 2.21. The molecule has 1 aliphatic heterocycles. The van der Waals surface area contributed by atoms with Crippen molar-refractivity contribution in [2.75, 3.05) is 26.7 Å². The number of benzene rings is 1. The van der Waals surface area contributed by atoms with Crippen molar-refractivity contribution in [1.82, 2.24) is 4.90 Å². The highest BCUT2D eigenvalue weighted by Crippen LogP contribution is 2.24. The van der Waals surface area contributed by atoms with Crippen molar-refractivity contribution in [3.8, 4) is 5.75 Å². The molecule has 1 aliphatic rings. The van der Waals surface area contributed by atoms with E-state index < -0.39 is 0 Å². The fourth-order valence-corrected chi connectivity index (χ4v) is 2.56. The number of carbonyl (C=O) groups excluding carboxylic acids is 1. The lowest BCUT2D eigenvalue weighted by molar-refractivity contribution is -0.129. The lowest BCUT2D eigenvalue weighted by atomic mass is 10.1. The van der Waals surface area contributed by atoms with Crippen LogP contribution in [0.3, 0.4) is 0 Å². The minimum absolute atomic E-state index is 0.114. The topological polar surface area (TPSA) is 55.6 Å². The molecule has 5 heteroatoms. The molecule has 19 heavy (non-hydrogen) atoms. The second kappa shape index (κ2) is 6.26. The zero-order chi connectivity index (χ0) is 13.8. The highest BCUT2D eigenvalue weighted by molar-refractivity contribution is 6.31. The molecule has 2 N–H and O–H groups in total. The number of amides is 1. The normalized spacial score (nSPS) is 18.7. The number of likely N-dealkylation sites (tertiary alicyclic amines) is 1. The van der Waals surface area contributed by atoms with Crippen LogP contribution in [0.2, 0.25) is 5.02 Å². The smallest absolute Gasteiger partial charge is 0.227 e. The van der Waals surface area contributed by atoms with Crippen molar-refractivity contribution in [2.45, 2.75) is 12.8 Å². The molecule has 104 valence electrons. The van der Waals surface area contributed by atoms with E-state index in [1.165, 1.54) is 0 Å². The van der Waals surface area contributed by atoms with Crippen LogP contribution < -0.4 is 10.5 Å². The van der Waals surface area contributed by atoms with Gasteiger partial charge < -0.3 is 15.4 Å². The molecule has 0 bridgehead atoms. The van der Waals surface area contributed by atoms with Crippen molar-refractivity contribution in [3.63, 3.8) is 0 Å². The van der Waals surface area contributed by atoms with Crippen LogP contribution in [0.25, 0.3) is 0 Å². The molecule has 1 heterocycles. The predicted molar refractivity (Wildman–Crippen MR) is 75.4 cm³/mol. The Morgan fingerprint density at radius 1 is 1.58 bits per heavy atom. The second-order valence-corrected chi connectivity index (χ2v) is 5.27. The molecule has 1 unspecified atom stereocenters. The minimum Gasteiger partial charge on any atom is -0.497 e. The van der Waals surface area contributed by atoms with E-state index >= 15 is 0 Å². The Balaban J connectivity index is 1.99. The average Bonchev–Trinajstić information content (AvgIpc) is 2.90. The Labute approximate surface area is 118 Å². The first kappa shape index (κ1) is 14.2. The number of carbonyl (C=O) groups is 1. The molecule has 1 aromatic rings. The first-order valence-electron chi connectivity index (χ1n) is 6.44. The molecule has 2 rings (SSSR count). The second-order valence-electron chi connectivity index (χ2n) is 4.86. The van der Waals surface area contributed by atoms with Gasteiger partial charge in [0.1, 0.15) is 5.75 Å². The van der Waals surface area contributed by atoms with Crippen molar-refractivity contribution >= 4 is 17.5 Å². The van der Waals surface area contributed by atoms with Crippen LogP contribution >= 0.6 is 11.6 Å². The molecule has 1 atom stereocenters. The van der Waals surface area contributed by atoms with E-state index in [4.69, 9.17) is 22.1 Å². The highest BCUT2D eigenvalue weighted by Gasteiger charge is 2.25. The van der Waals surface area contributed by atoms with E-state index in [9.17, 15) is 4.79 Å². The fourth-order valence-electron chi connectivity index (χ4n) is 2.32. The first-order valence-corrected chi connectivity index (χ1v) is 6.82. The Bertz CT molecular complexity index is 465. The maximum Gasteiger partial charge on any atom is 0.227 e. The van der Waals surface area contributed by atoms with Gasteiger partial charge in [-0.2, -0.15) is 0 Å². The van der Waals surface area contributed by atoms with Gasteiger partial charge in [0.15, 0.2) is 0 Å². The van der Waals surface area contributed by atoms with E-state index in [0.717, 1.165) is 25.1 Å². The van der Waals surface area contributed by atoms with Crippen molar-refractivity contribution in [2.24, 2.45) is 11.7 Å². The summed E-state index contributed by atoms with van der Waals surface area (Å²) < 4.78 is 5.09. The summed E-state index contributed by atoms with van der Waals surface area (Å²) in [6, 6.07) is 5.40. The van der Waals surface area contributed by atoms with Crippen LogP contribution in [0.1, 0.15) is 12.0 Å². The van der Waals surface area contributed by atoms with Gasteiger partial charge in [0.05, 0.1) is 13.5 Å². The van der Waals surface area contributed by atoms with Crippen LogP contribution in [-0.2, 0) is 11.2 Å². The summed E-state index contributed by atoms with van der Waals surface area (Å²) in [4.78, 5) is 14.1. The van der Waals surface area contributed by atoms with Gasteiger partial charge in [0.25, 0.3) is 0 Å². The number of rotatable bonds is 4. The largest absolute Gasteiger partial charge is 0.497 e. The molecule has 1 fully saturated rings. The number of halogens is 1. The molecule has 0 aliphatic carbocycles. The summed E-state index contributed by atoms with van der Waals surface area (Å²) in [5.41, 5.74) is 6.47. The molecular formula is C14H19ClN2O2. The van der Waals surface area contributed by atoms with Crippen molar-refractivity contribution in [1.29, 1.82) is 0 Å². The number of hydrogen-bond donors (Lipinski definition) is 1. The van der Waals surface area contributed by atoms with Crippen LogP contribution in [-0.4, -0.2) is 37.6 Å². The molecule has 0 radical (unpaired) electrons. The van der Waals surface area contributed by atoms with Gasteiger partial charge in [-0.15, -0.1) is 0 Å². The molecular weight excluding hydrogens is 264 g/mol. The third kappa shape index (κ3) is 3.39. The van der Waals surface area contributed by atoms with Crippen LogP contribution in [0.15, 0.2) is 18.2 Å². The third-order valence-electron chi connectivity index (χ3n) is 3.57. The maximum atomic E-state index is 12.2. The molecule has 1 amide bonds.